The fourth-order valence-electron chi connectivity index (χ4n) is 4.06. The van der Waals surface area contributed by atoms with Crippen LogP contribution >= 0.6 is 15.9 Å². The molecule has 2 aromatic rings. The van der Waals surface area contributed by atoms with E-state index in [-0.39, 0.29) is 29.8 Å². The molecule has 1 fully saturated rings. The van der Waals surface area contributed by atoms with Crippen molar-refractivity contribution in [2.24, 2.45) is 5.92 Å². The second-order valence-corrected chi connectivity index (χ2v) is 8.15. The number of rotatable bonds is 5. The summed E-state index contributed by atoms with van der Waals surface area (Å²) in [6.07, 6.45) is 2.29. The fraction of sp³-hybridized carbons (Fsp3) is 0.364. The van der Waals surface area contributed by atoms with Crippen molar-refractivity contribution in [1.29, 1.82) is 0 Å². The summed E-state index contributed by atoms with van der Waals surface area (Å²) < 4.78 is 0.477. The Hall–Kier alpha value is -2.34. The van der Waals surface area contributed by atoms with Gasteiger partial charge in [0.15, 0.2) is 5.78 Å². The minimum Gasteiger partial charge on any atom is -0.352 e. The lowest BCUT2D eigenvalue weighted by Crippen LogP contribution is -2.27. The molecule has 1 heterocycles. The van der Waals surface area contributed by atoms with E-state index in [1.165, 1.54) is 0 Å². The number of carbonyl (C=O) groups is 3. The molecule has 146 valence electrons. The summed E-state index contributed by atoms with van der Waals surface area (Å²) in [5.41, 5.74) is 4.39. The predicted molar refractivity (Wildman–Crippen MR) is 110 cm³/mol. The maximum absolute atomic E-state index is 13.0. The van der Waals surface area contributed by atoms with Gasteiger partial charge in [0.05, 0.1) is 5.56 Å². The van der Waals surface area contributed by atoms with Gasteiger partial charge >= 0.3 is 0 Å². The zero-order chi connectivity index (χ0) is 20.4. The quantitative estimate of drug-likeness (QED) is 0.563. The highest BCUT2D eigenvalue weighted by molar-refractivity contribution is 9.10. The maximum Gasteiger partial charge on any atom is 0.254 e. The number of ketones is 2. The molecule has 0 saturated heterocycles. The Morgan fingerprint density at radius 3 is 2.54 bits per heavy atom. The van der Waals surface area contributed by atoms with Gasteiger partial charge < -0.3 is 5.32 Å². The van der Waals surface area contributed by atoms with Crippen LogP contribution in [0.2, 0.25) is 0 Å². The van der Waals surface area contributed by atoms with E-state index >= 15 is 0 Å². The van der Waals surface area contributed by atoms with Crippen LogP contribution < -0.4 is 5.32 Å². The molecular weight excluding hydrogens is 420 g/mol. The van der Waals surface area contributed by atoms with Gasteiger partial charge in [-0.1, -0.05) is 17.7 Å². The number of aryl methyl sites for hydroxylation is 3. The van der Waals surface area contributed by atoms with E-state index in [9.17, 15) is 14.4 Å². The number of carbonyl (C=O) groups excluding carboxylic acids is 3. The van der Waals surface area contributed by atoms with Gasteiger partial charge in [0.1, 0.15) is 16.3 Å². The van der Waals surface area contributed by atoms with Crippen LogP contribution in [-0.2, 0) is 9.59 Å². The summed E-state index contributed by atoms with van der Waals surface area (Å²) in [6.45, 7) is 6.25. The number of nitrogens with zero attached hydrogens (tertiary/aromatic N) is 1. The van der Waals surface area contributed by atoms with Crippen molar-refractivity contribution in [2.75, 3.05) is 6.54 Å². The number of hydrogen-bond acceptors (Lipinski definition) is 4. The van der Waals surface area contributed by atoms with Crippen molar-refractivity contribution in [1.82, 2.24) is 10.3 Å². The first-order valence-electron chi connectivity index (χ1n) is 9.32. The van der Waals surface area contributed by atoms with Crippen molar-refractivity contribution < 1.29 is 14.4 Å². The molecule has 1 amide bonds. The van der Waals surface area contributed by atoms with Gasteiger partial charge in [0.2, 0.25) is 0 Å². The second-order valence-electron chi connectivity index (χ2n) is 7.40. The van der Waals surface area contributed by atoms with Crippen molar-refractivity contribution in [3.05, 3.63) is 62.9 Å². The number of aromatic nitrogens is 1. The molecule has 6 heteroatoms. The number of nitrogens with one attached hydrogen (secondary N) is 1. The first-order valence-corrected chi connectivity index (χ1v) is 10.1. The van der Waals surface area contributed by atoms with E-state index in [0.29, 0.717) is 23.1 Å². The van der Waals surface area contributed by atoms with Gasteiger partial charge in [0, 0.05) is 25.1 Å². The Kier molecular flexibility index (Phi) is 6.08. The summed E-state index contributed by atoms with van der Waals surface area (Å²) in [5, 5.41) is 2.81. The van der Waals surface area contributed by atoms with Crippen LogP contribution in [-0.4, -0.2) is 29.0 Å². The summed E-state index contributed by atoms with van der Waals surface area (Å²) in [4.78, 5) is 41.9. The molecule has 0 aliphatic heterocycles. The number of Topliss-reactive ketones (excluding diaryl/α,β-unsaturated/α-hetero) is 2. The second kappa shape index (κ2) is 8.35. The van der Waals surface area contributed by atoms with Crippen LogP contribution in [0.5, 0.6) is 0 Å². The summed E-state index contributed by atoms with van der Waals surface area (Å²) in [7, 11) is 0. The van der Waals surface area contributed by atoms with Crippen LogP contribution in [0.25, 0.3) is 0 Å². The van der Waals surface area contributed by atoms with Crippen molar-refractivity contribution in [3.63, 3.8) is 0 Å². The first kappa shape index (κ1) is 20.4. The molecule has 0 spiro atoms. The highest BCUT2D eigenvalue weighted by Crippen LogP contribution is 2.37. The van der Waals surface area contributed by atoms with Gasteiger partial charge in [-0.3, -0.25) is 14.4 Å². The Balaban J connectivity index is 1.66. The van der Waals surface area contributed by atoms with Crippen molar-refractivity contribution in [3.8, 4) is 0 Å². The highest BCUT2D eigenvalue weighted by Gasteiger charge is 2.42. The average Bonchev–Trinajstić information content (AvgIpc) is 2.89. The van der Waals surface area contributed by atoms with E-state index in [1.807, 2.05) is 32.9 Å². The number of benzene rings is 1. The third-order valence-corrected chi connectivity index (χ3v) is 5.90. The molecule has 28 heavy (non-hydrogen) atoms. The molecule has 5 nitrogen and oxygen atoms in total. The van der Waals surface area contributed by atoms with E-state index in [1.54, 1.807) is 18.3 Å². The summed E-state index contributed by atoms with van der Waals surface area (Å²) >= 11 is 3.25. The van der Waals surface area contributed by atoms with E-state index in [4.69, 9.17) is 0 Å². The number of hydrogen-bond donors (Lipinski definition) is 1. The number of halogens is 1. The van der Waals surface area contributed by atoms with E-state index in [0.717, 1.165) is 22.3 Å². The van der Waals surface area contributed by atoms with Crippen molar-refractivity contribution >= 4 is 33.4 Å². The Labute approximate surface area is 173 Å². The monoisotopic (exact) mass is 442 g/mol. The first-order chi connectivity index (χ1) is 13.3. The van der Waals surface area contributed by atoms with Gasteiger partial charge in [0.25, 0.3) is 5.91 Å². The lowest BCUT2D eigenvalue weighted by Gasteiger charge is -2.16. The standard InChI is InChI=1S/C22H23BrN2O3/c1-12-9-13(2)18(14(3)10-12)19-17(26)11-15(20(19)27)6-8-25-22(28)16-5-4-7-24-21(16)23/h4-5,7,9-10,15,19H,6,8,11H2,1-3H3,(H,25,28). The van der Waals surface area contributed by atoms with Crippen LogP contribution in [0.3, 0.4) is 0 Å². The third kappa shape index (κ3) is 4.07. The molecule has 3 rings (SSSR count). The molecule has 1 aromatic heterocycles. The minimum atomic E-state index is -0.672. The molecule has 1 N–H and O–H groups in total. The smallest absolute Gasteiger partial charge is 0.254 e. The van der Waals surface area contributed by atoms with Gasteiger partial charge in [-0.05, 0) is 71.9 Å². The Bertz CT molecular complexity index is 932. The molecule has 2 atom stereocenters. The van der Waals surface area contributed by atoms with Gasteiger partial charge in [-0.15, -0.1) is 0 Å². The van der Waals surface area contributed by atoms with Gasteiger partial charge in [-0.2, -0.15) is 0 Å². The molecule has 2 unspecified atom stereocenters. The molecular formula is C22H23BrN2O3. The van der Waals surface area contributed by atoms with Crippen LogP contribution in [0.15, 0.2) is 35.1 Å². The zero-order valence-corrected chi connectivity index (χ0v) is 17.8. The number of amides is 1. The lowest BCUT2D eigenvalue weighted by atomic mass is 9.86. The summed E-state index contributed by atoms with van der Waals surface area (Å²) in [5.74, 6) is -1.33. The zero-order valence-electron chi connectivity index (χ0n) is 16.2. The van der Waals surface area contributed by atoms with Crippen LogP contribution in [0, 0.1) is 26.7 Å². The molecule has 1 aliphatic rings. The normalized spacial score (nSPS) is 19.1. The Morgan fingerprint density at radius 2 is 1.89 bits per heavy atom. The van der Waals surface area contributed by atoms with Crippen LogP contribution in [0.1, 0.15) is 51.4 Å². The fourth-order valence-corrected chi connectivity index (χ4v) is 4.49. The summed E-state index contributed by atoms with van der Waals surface area (Å²) in [6, 6.07) is 7.40. The minimum absolute atomic E-state index is 0.0219. The van der Waals surface area contributed by atoms with Crippen molar-refractivity contribution in [2.45, 2.75) is 39.5 Å². The average molecular weight is 443 g/mol. The molecule has 0 radical (unpaired) electrons. The van der Waals surface area contributed by atoms with Gasteiger partial charge in [-0.25, -0.2) is 4.98 Å². The maximum atomic E-state index is 13.0. The topological polar surface area (TPSA) is 76.1 Å². The van der Waals surface area contributed by atoms with Crippen LogP contribution in [0.4, 0.5) is 0 Å². The SMILES string of the molecule is Cc1cc(C)c(C2C(=O)CC(CCNC(=O)c3cccnc3Br)C2=O)c(C)c1. The molecule has 1 aromatic carbocycles. The highest BCUT2D eigenvalue weighted by atomic mass is 79.9. The molecule has 1 saturated carbocycles. The molecule has 1 aliphatic carbocycles. The number of pyridine rings is 1. The lowest BCUT2D eigenvalue weighted by molar-refractivity contribution is -0.124. The Morgan fingerprint density at radius 1 is 1.21 bits per heavy atom. The third-order valence-electron chi connectivity index (χ3n) is 5.27. The largest absolute Gasteiger partial charge is 0.352 e. The van der Waals surface area contributed by atoms with E-state index < -0.39 is 5.92 Å². The predicted octanol–water partition coefficient (Wildman–Crippen LogP) is 3.83. The molecule has 0 bridgehead atoms. The van der Waals surface area contributed by atoms with E-state index in [2.05, 4.69) is 26.2 Å².